The van der Waals surface area contributed by atoms with Crippen LogP contribution >= 0.6 is 0 Å². The summed E-state index contributed by atoms with van der Waals surface area (Å²) in [5.74, 6) is -1.19. The molecule has 3 aromatic rings. The number of rotatable bonds is 11. The second-order valence-electron chi connectivity index (χ2n) is 11.5. The summed E-state index contributed by atoms with van der Waals surface area (Å²) in [7, 11) is -4.15. The van der Waals surface area contributed by atoms with Crippen molar-refractivity contribution in [1.82, 2.24) is 10.2 Å². The molecule has 0 saturated heterocycles. The molecular formula is C34H42FN3O4S. The van der Waals surface area contributed by atoms with Gasteiger partial charge >= 0.3 is 0 Å². The molecule has 1 aliphatic carbocycles. The summed E-state index contributed by atoms with van der Waals surface area (Å²) in [4.78, 5) is 29.4. The first kappa shape index (κ1) is 32.2. The van der Waals surface area contributed by atoms with E-state index in [4.69, 9.17) is 0 Å². The summed E-state index contributed by atoms with van der Waals surface area (Å²) in [6.45, 7) is 6.96. The number of aryl methyl sites for hydroxylation is 3. The fraction of sp³-hybridized carbons (Fsp3) is 0.412. The van der Waals surface area contributed by atoms with E-state index in [9.17, 15) is 22.4 Å². The van der Waals surface area contributed by atoms with Gasteiger partial charge in [0.15, 0.2) is 0 Å². The van der Waals surface area contributed by atoms with E-state index < -0.39 is 34.3 Å². The predicted octanol–water partition coefficient (Wildman–Crippen LogP) is 6.20. The van der Waals surface area contributed by atoms with Crippen LogP contribution in [0.25, 0.3) is 0 Å². The van der Waals surface area contributed by atoms with Crippen molar-refractivity contribution in [1.29, 1.82) is 0 Å². The van der Waals surface area contributed by atoms with Crippen LogP contribution in [0.3, 0.4) is 0 Å². The summed E-state index contributed by atoms with van der Waals surface area (Å²) in [5.41, 5.74) is 3.60. The Kier molecular flexibility index (Phi) is 10.6. The Morgan fingerprint density at radius 2 is 1.53 bits per heavy atom. The first-order valence-electron chi connectivity index (χ1n) is 15.0. The number of hydrogen-bond acceptors (Lipinski definition) is 4. The molecule has 7 nitrogen and oxygen atoms in total. The molecule has 2 amide bonds. The molecule has 9 heteroatoms. The molecule has 0 heterocycles. The van der Waals surface area contributed by atoms with Gasteiger partial charge in [0.25, 0.3) is 10.0 Å². The lowest BCUT2D eigenvalue weighted by atomic mass is 9.95. The summed E-state index contributed by atoms with van der Waals surface area (Å²) in [6, 6.07) is 16.9. The molecular weight excluding hydrogens is 565 g/mol. The van der Waals surface area contributed by atoms with Crippen molar-refractivity contribution in [3.05, 3.63) is 94.8 Å². The number of nitrogens with zero attached hydrogens (tertiary/aromatic N) is 2. The maximum atomic E-state index is 14.3. The molecule has 4 rings (SSSR count). The topological polar surface area (TPSA) is 86.8 Å². The first-order chi connectivity index (χ1) is 20.5. The highest BCUT2D eigenvalue weighted by molar-refractivity contribution is 7.92. The largest absolute Gasteiger partial charge is 0.352 e. The van der Waals surface area contributed by atoms with Crippen LogP contribution in [0.1, 0.15) is 67.7 Å². The molecule has 0 spiro atoms. The first-order valence-corrected chi connectivity index (χ1v) is 16.4. The minimum Gasteiger partial charge on any atom is -0.352 e. The Morgan fingerprint density at radius 3 is 2.14 bits per heavy atom. The number of sulfonamides is 1. The molecule has 230 valence electrons. The Bertz CT molecular complexity index is 1520. The van der Waals surface area contributed by atoms with E-state index in [2.05, 4.69) is 5.32 Å². The third-order valence-corrected chi connectivity index (χ3v) is 9.89. The van der Waals surface area contributed by atoms with Gasteiger partial charge in [-0.15, -0.1) is 0 Å². The van der Waals surface area contributed by atoms with Crippen LogP contribution < -0.4 is 9.62 Å². The van der Waals surface area contributed by atoms with Crippen LogP contribution in [0.5, 0.6) is 0 Å². The lowest BCUT2D eigenvalue weighted by Crippen LogP contribution is -2.54. The maximum absolute atomic E-state index is 14.3. The SMILES string of the molecule is CC[C@@H](C(=O)NC1CCCCC1)N(Cc1ccc(F)cc1)C(=O)CN(c1ccc(C)cc1C)S(=O)(=O)c1ccc(C)cc1. The van der Waals surface area contributed by atoms with Gasteiger partial charge in [-0.3, -0.25) is 13.9 Å². The Balaban J connectivity index is 1.72. The number of nitrogens with one attached hydrogen (secondary N) is 1. The van der Waals surface area contributed by atoms with E-state index in [1.807, 2.05) is 39.8 Å². The number of carbonyl (C=O) groups is 2. The van der Waals surface area contributed by atoms with Gasteiger partial charge in [0, 0.05) is 12.6 Å². The van der Waals surface area contributed by atoms with Gasteiger partial charge in [-0.05, 0) is 81.5 Å². The van der Waals surface area contributed by atoms with Crippen LogP contribution in [0.4, 0.5) is 10.1 Å². The van der Waals surface area contributed by atoms with Gasteiger partial charge in [0.05, 0.1) is 10.6 Å². The summed E-state index contributed by atoms with van der Waals surface area (Å²) in [6.07, 6.45) is 5.35. The van der Waals surface area contributed by atoms with E-state index in [1.165, 1.54) is 29.2 Å². The van der Waals surface area contributed by atoms with Crippen molar-refractivity contribution in [3.8, 4) is 0 Å². The molecule has 0 radical (unpaired) electrons. The van der Waals surface area contributed by atoms with Crippen molar-refractivity contribution < 1.29 is 22.4 Å². The molecule has 1 N–H and O–H groups in total. The predicted molar refractivity (Wildman–Crippen MR) is 168 cm³/mol. The van der Waals surface area contributed by atoms with E-state index in [0.29, 0.717) is 23.2 Å². The second-order valence-corrected chi connectivity index (χ2v) is 13.4. The van der Waals surface area contributed by atoms with Crippen molar-refractivity contribution in [2.75, 3.05) is 10.8 Å². The number of benzene rings is 3. The standard InChI is InChI=1S/C34H42FN3O4S/c1-5-31(34(40)36-29-9-7-6-8-10-29)37(22-27-14-16-28(35)17-15-27)33(39)23-38(32-20-13-25(3)21-26(32)4)43(41,42)30-18-11-24(2)12-19-30/h11-21,29,31H,5-10,22-23H2,1-4H3,(H,36,40)/t31-/m0/s1. The zero-order chi connectivity index (χ0) is 31.1. The summed E-state index contributed by atoms with van der Waals surface area (Å²) >= 11 is 0. The number of hydrogen-bond donors (Lipinski definition) is 1. The van der Waals surface area contributed by atoms with Crippen LogP contribution in [0.15, 0.2) is 71.6 Å². The Labute approximate surface area is 255 Å². The van der Waals surface area contributed by atoms with Crippen LogP contribution in [-0.4, -0.2) is 43.8 Å². The van der Waals surface area contributed by atoms with Crippen LogP contribution in [0, 0.1) is 26.6 Å². The number of halogens is 1. The number of anilines is 1. The molecule has 0 bridgehead atoms. The monoisotopic (exact) mass is 607 g/mol. The molecule has 1 fully saturated rings. The molecule has 0 aromatic heterocycles. The average molecular weight is 608 g/mol. The van der Waals surface area contributed by atoms with Crippen molar-refractivity contribution >= 4 is 27.5 Å². The molecule has 1 atom stereocenters. The molecule has 0 aliphatic heterocycles. The third kappa shape index (κ3) is 8.02. The normalized spacial score (nSPS) is 14.6. The zero-order valence-corrected chi connectivity index (χ0v) is 26.3. The van der Waals surface area contributed by atoms with E-state index in [-0.39, 0.29) is 23.4 Å². The minimum absolute atomic E-state index is 0.0288. The summed E-state index contributed by atoms with van der Waals surface area (Å²) < 4.78 is 43.1. The zero-order valence-electron chi connectivity index (χ0n) is 25.5. The fourth-order valence-corrected chi connectivity index (χ4v) is 7.17. The van der Waals surface area contributed by atoms with Gasteiger partial charge in [0.1, 0.15) is 18.4 Å². The van der Waals surface area contributed by atoms with Gasteiger partial charge in [-0.2, -0.15) is 0 Å². The molecule has 43 heavy (non-hydrogen) atoms. The lowest BCUT2D eigenvalue weighted by molar-refractivity contribution is -0.140. The highest BCUT2D eigenvalue weighted by Gasteiger charge is 2.35. The number of amides is 2. The molecule has 1 saturated carbocycles. The van der Waals surface area contributed by atoms with Gasteiger partial charge < -0.3 is 10.2 Å². The second kappa shape index (κ2) is 14.2. The quantitative estimate of drug-likeness (QED) is 0.281. The third-order valence-electron chi connectivity index (χ3n) is 8.11. The van der Waals surface area contributed by atoms with Gasteiger partial charge in [0.2, 0.25) is 11.8 Å². The van der Waals surface area contributed by atoms with Crippen molar-refractivity contribution in [3.63, 3.8) is 0 Å². The van der Waals surface area contributed by atoms with Crippen molar-refractivity contribution in [2.45, 2.75) is 89.7 Å². The average Bonchev–Trinajstić information content (AvgIpc) is 2.98. The van der Waals surface area contributed by atoms with Crippen molar-refractivity contribution in [2.24, 2.45) is 0 Å². The minimum atomic E-state index is -4.15. The van der Waals surface area contributed by atoms with Gasteiger partial charge in [-0.1, -0.05) is 73.7 Å². The smallest absolute Gasteiger partial charge is 0.264 e. The Hall–Kier alpha value is -3.72. The fourth-order valence-electron chi connectivity index (χ4n) is 5.69. The highest BCUT2D eigenvalue weighted by Crippen LogP contribution is 2.29. The van der Waals surface area contributed by atoms with E-state index in [1.54, 1.807) is 30.3 Å². The summed E-state index contributed by atoms with van der Waals surface area (Å²) in [5, 5.41) is 3.14. The number of carbonyl (C=O) groups excluding carboxylic acids is 2. The molecule has 3 aromatic carbocycles. The van der Waals surface area contributed by atoms with Crippen LogP contribution in [-0.2, 0) is 26.2 Å². The Morgan fingerprint density at radius 1 is 0.907 bits per heavy atom. The maximum Gasteiger partial charge on any atom is 0.264 e. The molecule has 1 aliphatic rings. The van der Waals surface area contributed by atoms with E-state index >= 15 is 0 Å². The lowest BCUT2D eigenvalue weighted by Gasteiger charge is -2.34. The van der Waals surface area contributed by atoms with E-state index in [0.717, 1.165) is 47.5 Å². The highest BCUT2D eigenvalue weighted by atomic mass is 32.2. The van der Waals surface area contributed by atoms with Crippen LogP contribution in [0.2, 0.25) is 0 Å². The van der Waals surface area contributed by atoms with Gasteiger partial charge in [-0.25, -0.2) is 12.8 Å². The molecule has 0 unspecified atom stereocenters.